The first-order valence-electron chi connectivity index (χ1n) is 8.53. The topological polar surface area (TPSA) is 9.23 Å². The molecule has 2 aromatic carbocycles. The van der Waals surface area contributed by atoms with E-state index < -0.39 is 11.7 Å². The predicted molar refractivity (Wildman–Crippen MR) is 101 cm³/mol. The Hall–Kier alpha value is -3.04. The van der Waals surface area contributed by atoms with Crippen molar-refractivity contribution in [2.45, 2.75) is 26.7 Å². The lowest BCUT2D eigenvalue weighted by Crippen LogP contribution is -1.90. The van der Waals surface area contributed by atoms with Crippen LogP contribution in [0.3, 0.4) is 0 Å². The average molecular weight is 350 g/mol. The molecule has 0 aliphatic carbocycles. The molecule has 0 aromatic heterocycles. The molecule has 0 unspecified atom stereocenters. The number of rotatable bonds is 4. The van der Waals surface area contributed by atoms with E-state index in [-0.39, 0.29) is 0 Å². The van der Waals surface area contributed by atoms with Crippen molar-refractivity contribution in [1.82, 2.24) is 0 Å². The van der Waals surface area contributed by atoms with Gasteiger partial charge in [-0.05, 0) is 67.1 Å². The van der Waals surface area contributed by atoms with Crippen molar-refractivity contribution in [2.24, 2.45) is 0 Å². The molecule has 26 heavy (non-hydrogen) atoms. The second kappa shape index (κ2) is 10.1. The van der Waals surface area contributed by atoms with Crippen LogP contribution in [0.5, 0.6) is 5.75 Å². The lowest BCUT2D eigenvalue weighted by molar-refractivity contribution is 0.340. The Morgan fingerprint density at radius 2 is 1.31 bits per heavy atom. The van der Waals surface area contributed by atoms with E-state index in [2.05, 4.69) is 30.6 Å². The third-order valence-corrected chi connectivity index (χ3v) is 3.48. The van der Waals surface area contributed by atoms with Gasteiger partial charge in [-0.3, -0.25) is 0 Å². The van der Waals surface area contributed by atoms with Crippen molar-refractivity contribution in [3.63, 3.8) is 0 Å². The van der Waals surface area contributed by atoms with Gasteiger partial charge in [-0.1, -0.05) is 37.3 Å². The van der Waals surface area contributed by atoms with Gasteiger partial charge in [0.25, 0.3) is 0 Å². The van der Waals surface area contributed by atoms with Crippen LogP contribution in [0.15, 0.2) is 60.2 Å². The van der Waals surface area contributed by atoms with Crippen LogP contribution in [0.2, 0.25) is 0 Å². The molecule has 0 N–H and O–H groups in total. The number of halogens is 2. The number of allylic oxidation sites excluding steroid dienone is 2. The van der Waals surface area contributed by atoms with Crippen molar-refractivity contribution >= 4 is 0 Å². The van der Waals surface area contributed by atoms with Gasteiger partial charge >= 0.3 is 0 Å². The molecule has 132 valence electrons. The predicted octanol–water partition coefficient (Wildman–Crippen LogP) is 5.59. The molecule has 0 aliphatic heterocycles. The Morgan fingerprint density at radius 3 is 1.77 bits per heavy atom. The first-order chi connectivity index (χ1) is 12.6. The van der Waals surface area contributed by atoms with Crippen LogP contribution < -0.4 is 4.74 Å². The van der Waals surface area contributed by atoms with Crippen molar-refractivity contribution in [1.29, 1.82) is 0 Å². The number of benzene rings is 2. The summed E-state index contributed by atoms with van der Waals surface area (Å²) >= 11 is 0. The molecule has 0 bridgehead atoms. The van der Waals surface area contributed by atoms with E-state index in [0.717, 1.165) is 12.8 Å². The fourth-order valence-electron chi connectivity index (χ4n) is 2.21. The van der Waals surface area contributed by atoms with E-state index in [1.165, 1.54) is 5.56 Å². The minimum Gasteiger partial charge on any atom is -0.494 e. The van der Waals surface area contributed by atoms with Gasteiger partial charge in [0.2, 0.25) is 11.7 Å². The quantitative estimate of drug-likeness (QED) is 0.653. The molecular weight excluding hydrogens is 330 g/mol. The maximum atomic E-state index is 13.8. The molecule has 0 aliphatic rings. The smallest absolute Gasteiger partial charge is 0.217 e. The second-order valence-corrected chi connectivity index (χ2v) is 5.53. The van der Waals surface area contributed by atoms with Crippen LogP contribution in [0.4, 0.5) is 8.78 Å². The Bertz CT molecular complexity index is 795. The zero-order chi connectivity index (χ0) is 18.8. The monoisotopic (exact) mass is 350 g/mol. The molecule has 3 heteroatoms. The number of hydrogen-bond donors (Lipinski definition) is 0. The minimum absolute atomic E-state index is 0.563. The number of ether oxygens (including phenoxy) is 1. The van der Waals surface area contributed by atoms with Crippen LogP contribution in [0.1, 0.15) is 37.0 Å². The first kappa shape index (κ1) is 19.3. The molecule has 0 heterocycles. The first-order valence-corrected chi connectivity index (χ1v) is 8.53. The fraction of sp³-hybridized carbons (Fsp3) is 0.217. The summed E-state index contributed by atoms with van der Waals surface area (Å²) in [5.41, 5.74) is 2.39. The fourth-order valence-corrected chi connectivity index (χ4v) is 2.21. The van der Waals surface area contributed by atoms with Gasteiger partial charge < -0.3 is 4.74 Å². The number of aryl methyl sites for hydroxylation is 1. The summed E-state index contributed by atoms with van der Waals surface area (Å²) in [5.74, 6) is 7.88. The Balaban J connectivity index is 2.08. The molecule has 0 saturated heterocycles. The molecule has 0 saturated carbocycles. The Labute approximate surface area is 153 Å². The lowest BCUT2D eigenvalue weighted by Gasteiger charge is -2.01. The van der Waals surface area contributed by atoms with Crippen LogP contribution in [0.25, 0.3) is 0 Å². The molecule has 0 spiro atoms. The van der Waals surface area contributed by atoms with Crippen molar-refractivity contribution < 1.29 is 13.5 Å². The van der Waals surface area contributed by atoms with Crippen LogP contribution >= 0.6 is 0 Å². The summed E-state index contributed by atoms with van der Waals surface area (Å²) in [4.78, 5) is 0. The third kappa shape index (κ3) is 6.11. The van der Waals surface area contributed by atoms with E-state index in [1.807, 2.05) is 19.1 Å². The highest BCUT2D eigenvalue weighted by molar-refractivity contribution is 5.46. The summed E-state index contributed by atoms with van der Waals surface area (Å²) in [6.07, 6.45) is 2.04. The zero-order valence-corrected chi connectivity index (χ0v) is 14.9. The van der Waals surface area contributed by atoms with Crippen LogP contribution in [-0.2, 0) is 6.42 Å². The molecule has 0 radical (unpaired) electrons. The van der Waals surface area contributed by atoms with E-state index >= 15 is 0 Å². The minimum atomic E-state index is -1.17. The Morgan fingerprint density at radius 1 is 0.808 bits per heavy atom. The molecule has 0 fully saturated rings. The molecule has 0 atom stereocenters. The van der Waals surface area contributed by atoms with Crippen molar-refractivity contribution in [3.8, 4) is 29.4 Å². The highest BCUT2D eigenvalue weighted by Crippen LogP contribution is 2.12. The van der Waals surface area contributed by atoms with Gasteiger partial charge in [0, 0.05) is 11.1 Å². The highest BCUT2D eigenvalue weighted by atomic mass is 19.2. The summed E-state index contributed by atoms with van der Waals surface area (Å²) in [5, 5.41) is 0. The van der Waals surface area contributed by atoms with E-state index in [9.17, 15) is 8.78 Å². The summed E-state index contributed by atoms with van der Waals surface area (Å²) in [6, 6.07) is 14.3. The average Bonchev–Trinajstić information content (AvgIpc) is 2.67. The van der Waals surface area contributed by atoms with Gasteiger partial charge in [0.15, 0.2) is 0 Å². The second-order valence-electron chi connectivity index (χ2n) is 5.53. The normalized spacial score (nSPS) is 10.8. The van der Waals surface area contributed by atoms with E-state index in [1.54, 1.807) is 36.4 Å². The lowest BCUT2D eigenvalue weighted by atomic mass is 10.1. The Kier molecular flexibility index (Phi) is 7.47. The van der Waals surface area contributed by atoms with Crippen LogP contribution in [-0.4, -0.2) is 6.61 Å². The van der Waals surface area contributed by atoms with Gasteiger partial charge in [0.1, 0.15) is 5.75 Å². The van der Waals surface area contributed by atoms with Crippen LogP contribution in [0, 0.1) is 23.7 Å². The molecule has 2 aromatic rings. The zero-order valence-electron chi connectivity index (χ0n) is 14.9. The van der Waals surface area contributed by atoms with Gasteiger partial charge in [0.05, 0.1) is 6.61 Å². The molecule has 1 nitrogen and oxygen atoms in total. The van der Waals surface area contributed by atoms with Gasteiger partial charge in [-0.15, -0.1) is 0 Å². The standard InChI is InChI=1S/C23H20F2O/c1-3-5-18-6-8-19(9-7-18)12-16-22(24)23(25)17-13-20-10-14-21(15-11-20)26-4-2/h6-11,14-15H,3-5H2,1-2H3. The maximum Gasteiger partial charge on any atom is 0.217 e. The van der Waals surface area contributed by atoms with E-state index in [0.29, 0.717) is 23.5 Å². The molecule has 0 amide bonds. The number of hydrogen-bond acceptors (Lipinski definition) is 1. The van der Waals surface area contributed by atoms with E-state index in [4.69, 9.17) is 4.74 Å². The summed E-state index contributed by atoms with van der Waals surface area (Å²) in [6.45, 7) is 4.55. The third-order valence-electron chi connectivity index (χ3n) is 3.48. The van der Waals surface area contributed by atoms with Gasteiger partial charge in [-0.25, -0.2) is 0 Å². The highest BCUT2D eigenvalue weighted by Gasteiger charge is 1.99. The largest absolute Gasteiger partial charge is 0.494 e. The summed E-state index contributed by atoms with van der Waals surface area (Å²) in [7, 11) is 0. The van der Waals surface area contributed by atoms with Crippen molar-refractivity contribution in [3.05, 3.63) is 76.9 Å². The van der Waals surface area contributed by atoms with Gasteiger partial charge in [-0.2, -0.15) is 8.78 Å². The molecular formula is C23H20F2O. The maximum absolute atomic E-state index is 13.8. The SMILES string of the molecule is CCCc1ccc(C#CC(F)=C(F)C#Cc2ccc(OCC)cc2)cc1. The summed E-state index contributed by atoms with van der Waals surface area (Å²) < 4.78 is 32.8. The molecule has 2 rings (SSSR count). The van der Waals surface area contributed by atoms with Crippen molar-refractivity contribution in [2.75, 3.05) is 6.61 Å².